The molecule has 0 fully saturated rings. The van der Waals surface area contributed by atoms with Crippen molar-refractivity contribution in [3.05, 3.63) is 30.1 Å². The Balaban J connectivity index is 2.64. The standard InChI is InChI=1S/C14H22FNS/c1-4-6-13(16-3)14(5-2)17-12-9-7-11(15)8-10-12/h7-10,13-14,16H,4-6H2,1-3H3. The highest BCUT2D eigenvalue weighted by Gasteiger charge is 2.18. The molecule has 2 atom stereocenters. The smallest absolute Gasteiger partial charge is 0.123 e. The van der Waals surface area contributed by atoms with E-state index in [2.05, 4.69) is 19.2 Å². The van der Waals surface area contributed by atoms with Gasteiger partial charge < -0.3 is 5.32 Å². The largest absolute Gasteiger partial charge is 0.316 e. The van der Waals surface area contributed by atoms with Crippen molar-refractivity contribution in [3.63, 3.8) is 0 Å². The quantitative estimate of drug-likeness (QED) is 0.737. The van der Waals surface area contributed by atoms with Crippen LogP contribution in [0.25, 0.3) is 0 Å². The van der Waals surface area contributed by atoms with Crippen LogP contribution in [0.3, 0.4) is 0 Å². The van der Waals surface area contributed by atoms with Gasteiger partial charge in [-0.15, -0.1) is 11.8 Å². The maximum atomic E-state index is 12.8. The molecule has 0 heterocycles. The summed E-state index contributed by atoms with van der Waals surface area (Å²) in [5, 5.41) is 3.94. The first-order valence-corrected chi connectivity index (χ1v) is 7.18. The summed E-state index contributed by atoms with van der Waals surface area (Å²) < 4.78 is 12.8. The number of hydrogen-bond donors (Lipinski definition) is 1. The molecule has 3 heteroatoms. The monoisotopic (exact) mass is 255 g/mol. The molecule has 0 spiro atoms. The van der Waals surface area contributed by atoms with Gasteiger partial charge in [-0.3, -0.25) is 0 Å². The zero-order chi connectivity index (χ0) is 12.7. The molecule has 1 N–H and O–H groups in total. The molecule has 0 radical (unpaired) electrons. The van der Waals surface area contributed by atoms with Crippen molar-refractivity contribution in [1.29, 1.82) is 0 Å². The number of thioether (sulfide) groups is 1. The lowest BCUT2D eigenvalue weighted by Gasteiger charge is -2.25. The molecule has 0 aliphatic heterocycles. The Hall–Kier alpha value is -0.540. The van der Waals surface area contributed by atoms with Gasteiger partial charge in [-0.05, 0) is 44.2 Å². The van der Waals surface area contributed by atoms with Crippen molar-refractivity contribution in [2.24, 2.45) is 0 Å². The van der Waals surface area contributed by atoms with Gasteiger partial charge in [0.2, 0.25) is 0 Å². The van der Waals surface area contributed by atoms with Crippen LogP contribution in [-0.2, 0) is 0 Å². The van der Waals surface area contributed by atoms with Crippen molar-refractivity contribution in [2.45, 2.75) is 49.3 Å². The Bertz CT molecular complexity index is 313. The Morgan fingerprint density at radius 2 is 1.88 bits per heavy atom. The molecule has 1 aromatic rings. The molecule has 2 unspecified atom stereocenters. The lowest BCUT2D eigenvalue weighted by atomic mass is 10.1. The van der Waals surface area contributed by atoms with E-state index < -0.39 is 0 Å². The topological polar surface area (TPSA) is 12.0 Å². The summed E-state index contributed by atoms with van der Waals surface area (Å²) in [6, 6.07) is 7.31. The van der Waals surface area contributed by atoms with E-state index in [4.69, 9.17) is 0 Å². The zero-order valence-electron chi connectivity index (χ0n) is 10.9. The Morgan fingerprint density at radius 1 is 1.24 bits per heavy atom. The van der Waals surface area contributed by atoms with E-state index in [1.54, 1.807) is 0 Å². The first-order chi connectivity index (χ1) is 8.21. The van der Waals surface area contributed by atoms with Crippen LogP contribution in [0.5, 0.6) is 0 Å². The summed E-state index contributed by atoms with van der Waals surface area (Å²) in [7, 11) is 2.02. The predicted molar refractivity (Wildman–Crippen MR) is 74.1 cm³/mol. The van der Waals surface area contributed by atoms with Crippen molar-refractivity contribution in [3.8, 4) is 0 Å². The second kappa shape index (κ2) is 7.72. The van der Waals surface area contributed by atoms with E-state index >= 15 is 0 Å². The fourth-order valence-corrected chi connectivity index (χ4v) is 3.21. The number of hydrogen-bond acceptors (Lipinski definition) is 2. The van der Waals surface area contributed by atoms with Gasteiger partial charge in [0, 0.05) is 16.2 Å². The van der Waals surface area contributed by atoms with Crippen LogP contribution >= 0.6 is 11.8 Å². The maximum Gasteiger partial charge on any atom is 0.123 e. The Labute approximate surface area is 108 Å². The lowest BCUT2D eigenvalue weighted by Crippen LogP contribution is -2.35. The minimum atomic E-state index is -0.166. The van der Waals surface area contributed by atoms with Crippen molar-refractivity contribution in [2.75, 3.05) is 7.05 Å². The predicted octanol–water partition coefficient (Wildman–Crippen LogP) is 4.08. The molecule has 0 saturated heterocycles. The van der Waals surface area contributed by atoms with Crippen LogP contribution in [0.15, 0.2) is 29.2 Å². The molecule has 1 rings (SSSR count). The Morgan fingerprint density at radius 3 is 2.35 bits per heavy atom. The van der Waals surface area contributed by atoms with Crippen LogP contribution in [-0.4, -0.2) is 18.3 Å². The van der Waals surface area contributed by atoms with E-state index in [0.717, 1.165) is 11.3 Å². The number of benzene rings is 1. The van der Waals surface area contributed by atoms with Crippen LogP contribution in [0, 0.1) is 5.82 Å². The first kappa shape index (κ1) is 14.5. The molecule has 0 aromatic heterocycles. The van der Waals surface area contributed by atoms with Crippen LogP contribution < -0.4 is 5.32 Å². The molecular weight excluding hydrogens is 233 g/mol. The first-order valence-electron chi connectivity index (χ1n) is 6.30. The molecule has 0 amide bonds. The van der Waals surface area contributed by atoms with Gasteiger partial charge in [-0.2, -0.15) is 0 Å². The van der Waals surface area contributed by atoms with Crippen molar-refractivity contribution < 1.29 is 4.39 Å². The SMILES string of the molecule is CCCC(NC)C(CC)Sc1ccc(F)cc1. The Kier molecular flexibility index (Phi) is 6.60. The minimum absolute atomic E-state index is 0.166. The summed E-state index contributed by atoms with van der Waals surface area (Å²) in [6.45, 7) is 4.42. The second-order valence-corrected chi connectivity index (χ2v) is 5.51. The highest BCUT2D eigenvalue weighted by Crippen LogP contribution is 2.29. The molecule has 1 aromatic carbocycles. The van der Waals surface area contributed by atoms with Gasteiger partial charge in [0.1, 0.15) is 5.82 Å². The van der Waals surface area contributed by atoms with Gasteiger partial charge in [-0.1, -0.05) is 20.3 Å². The van der Waals surface area contributed by atoms with E-state index in [-0.39, 0.29) is 5.82 Å². The summed E-state index contributed by atoms with van der Waals surface area (Å²) >= 11 is 1.84. The van der Waals surface area contributed by atoms with Gasteiger partial charge in [0.25, 0.3) is 0 Å². The van der Waals surface area contributed by atoms with Crippen LogP contribution in [0.2, 0.25) is 0 Å². The molecule has 0 aliphatic carbocycles. The van der Waals surface area contributed by atoms with Crippen LogP contribution in [0.4, 0.5) is 4.39 Å². The average molecular weight is 255 g/mol. The molecule has 0 saturated carbocycles. The lowest BCUT2D eigenvalue weighted by molar-refractivity contribution is 0.490. The van der Waals surface area contributed by atoms with Gasteiger partial charge in [-0.25, -0.2) is 4.39 Å². The zero-order valence-corrected chi connectivity index (χ0v) is 11.7. The number of halogens is 1. The summed E-state index contributed by atoms with van der Waals surface area (Å²) in [5.41, 5.74) is 0. The second-order valence-electron chi connectivity index (χ2n) is 4.20. The molecule has 0 bridgehead atoms. The summed E-state index contributed by atoms with van der Waals surface area (Å²) in [4.78, 5) is 1.15. The van der Waals surface area contributed by atoms with Gasteiger partial charge in [0.05, 0.1) is 0 Å². The van der Waals surface area contributed by atoms with Gasteiger partial charge >= 0.3 is 0 Å². The van der Waals surface area contributed by atoms with Crippen molar-refractivity contribution in [1.82, 2.24) is 5.32 Å². The van der Waals surface area contributed by atoms with Gasteiger partial charge in [0.15, 0.2) is 0 Å². The highest BCUT2D eigenvalue weighted by atomic mass is 32.2. The molecular formula is C14H22FNS. The highest BCUT2D eigenvalue weighted by molar-refractivity contribution is 8.00. The molecule has 0 aliphatic rings. The minimum Gasteiger partial charge on any atom is -0.316 e. The van der Waals surface area contributed by atoms with E-state index in [1.807, 2.05) is 30.9 Å². The fourth-order valence-electron chi connectivity index (χ4n) is 1.97. The molecule has 1 nitrogen and oxygen atoms in total. The maximum absolute atomic E-state index is 12.8. The van der Waals surface area contributed by atoms with Crippen molar-refractivity contribution >= 4 is 11.8 Å². The summed E-state index contributed by atoms with van der Waals surface area (Å²) in [6.07, 6.45) is 3.49. The number of rotatable bonds is 7. The third kappa shape index (κ3) is 4.68. The van der Waals surface area contributed by atoms with Crippen LogP contribution in [0.1, 0.15) is 33.1 Å². The third-order valence-electron chi connectivity index (χ3n) is 2.92. The average Bonchev–Trinajstić information content (AvgIpc) is 2.36. The fraction of sp³-hybridized carbons (Fsp3) is 0.571. The summed E-state index contributed by atoms with van der Waals surface area (Å²) in [5.74, 6) is -0.166. The molecule has 17 heavy (non-hydrogen) atoms. The molecule has 96 valence electrons. The normalized spacial score (nSPS) is 14.6. The van der Waals surface area contributed by atoms with E-state index in [1.165, 1.54) is 25.0 Å². The number of nitrogens with one attached hydrogen (secondary N) is 1. The third-order valence-corrected chi connectivity index (χ3v) is 4.43. The van der Waals surface area contributed by atoms with E-state index in [0.29, 0.717) is 11.3 Å². The van der Waals surface area contributed by atoms with E-state index in [9.17, 15) is 4.39 Å².